The van der Waals surface area contributed by atoms with E-state index in [1.165, 1.54) is 0 Å². The maximum absolute atomic E-state index is 10.7. The van der Waals surface area contributed by atoms with Crippen LogP contribution in [0.15, 0.2) is 48.5 Å². The number of carbonyl (C=O) groups excluding carboxylic acids is 1. The lowest BCUT2D eigenvalue weighted by atomic mass is 10.1. The van der Waals surface area contributed by atoms with Crippen LogP contribution in [0.3, 0.4) is 0 Å². The molecule has 0 N–H and O–H groups in total. The van der Waals surface area contributed by atoms with Crippen molar-refractivity contribution in [3.05, 3.63) is 65.2 Å². The molecule has 2 nitrogen and oxygen atoms in total. The van der Waals surface area contributed by atoms with Crippen molar-refractivity contribution in [2.24, 2.45) is 0 Å². The van der Waals surface area contributed by atoms with Gasteiger partial charge in [-0.05, 0) is 39.9 Å². The van der Waals surface area contributed by atoms with Gasteiger partial charge in [0.15, 0.2) is 0 Å². The van der Waals surface area contributed by atoms with Crippen LogP contribution >= 0.6 is 0 Å². The summed E-state index contributed by atoms with van der Waals surface area (Å²) >= 11 is 0. The summed E-state index contributed by atoms with van der Waals surface area (Å²) in [6.07, 6.45) is 5.00. The van der Waals surface area contributed by atoms with E-state index in [-0.39, 0.29) is 0 Å². The molecular weight excluding hydrogens is 348 g/mol. The largest absolute Gasteiger partial charge is 0.543 e. The molecule has 27 heavy (non-hydrogen) atoms. The third-order valence-corrected chi connectivity index (χ3v) is 11.4. The number of hydrogen-bond donors (Lipinski definition) is 0. The van der Waals surface area contributed by atoms with E-state index in [0.29, 0.717) is 22.2 Å². The van der Waals surface area contributed by atoms with E-state index in [1.54, 1.807) is 0 Å². The van der Waals surface area contributed by atoms with E-state index >= 15 is 0 Å². The fourth-order valence-electron chi connectivity index (χ4n) is 4.08. The topological polar surface area (TPSA) is 26.3 Å². The van der Waals surface area contributed by atoms with Gasteiger partial charge < -0.3 is 4.43 Å². The van der Waals surface area contributed by atoms with Crippen molar-refractivity contribution >= 4 is 26.8 Å². The minimum absolute atomic E-state index is 0.561. The van der Waals surface area contributed by atoms with Crippen LogP contribution in [0.1, 0.15) is 63.0 Å². The maximum Gasteiger partial charge on any atom is 0.258 e. The van der Waals surface area contributed by atoms with E-state index in [4.69, 9.17) is 4.43 Å². The van der Waals surface area contributed by atoms with Crippen LogP contribution < -0.4 is 4.43 Å². The highest BCUT2D eigenvalue weighted by Crippen LogP contribution is 2.42. The summed E-state index contributed by atoms with van der Waals surface area (Å²) in [6.45, 7) is 13.8. The van der Waals surface area contributed by atoms with Crippen molar-refractivity contribution in [1.82, 2.24) is 0 Å². The van der Waals surface area contributed by atoms with Crippen LogP contribution in [0, 0.1) is 0 Å². The molecular formula is C24H32O2Si. The molecule has 144 valence electrons. The molecule has 2 rings (SSSR count). The van der Waals surface area contributed by atoms with E-state index in [2.05, 4.69) is 78.0 Å². The quantitative estimate of drug-likeness (QED) is 0.274. The second-order valence-corrected chi connectivity index (χ2v) is 13.5. The lowest BCUT2D eigenvalue weighted by Crippen LogP contribution is -2.50. The van der Waals surface area contributed by atoms with Gasteiger partial charge in [0.25, 0.3) is 8.32 Å². The molecule has 0 amide bonds. The zero-order valence-corrected chi connectivity index (χ0v) is 18.4. The monoisotopic (exact) mass is 380 g/mol. The average Bonchev–Trinajstić information content (AvgIpc) is 2.65. The van der Waals surface area contributed by atoms with Crippen LogP contribution in [0.4, 0.5) is 0 Å². The van der Waals surface area contributed by atoms with Gasteiger partial charge in [-0.25, -0.2) is 0 Å². The minimum Gasteiger partial charge on any atom is -0.543 e. The first kappa shape index (κ1) is 21.2. The molecule has 0 aliphatic heterocycles. The Labute approximate surface area is 165 Å². The number of rotatable bonds is 8. The van der Waals surface area contributed by atoms with Gasteiger partial charge in [0.2, 0.25) is 0 Å². The van der Waals surface area contributed by atoms with E-state index < -0.39 is 8.32 Å². The Morgan fingerprint density at radius 2 is 1.04 bits per heavy atom. The number of benzene rings is 2. The molecule has 0 spiro atoms. The van der Waals surface area contributed by atoms with Crippen LogP contribution in [-0.2, 0) is 0 Å². The number of aldehydes is 1. The molecule has 0 aliphatic carbocycles. The van der Waals surface area contributed by atoms with Gasteiger partial charge >= 0.3 is 0 Å². The standard InChI is InChI=1S/C24H32O2Si/c1-18(2)27(19(3)4,20(5)6)26-24-15-13-22(14-16-24)8-7-21-9-11-23(17-25)12-10-21/h7-20H,1-6H3/b8-7+. The summed E-state index contributed by atoms with van der Waals surface area (Å²) in [5.41, 5.74) is 4.59. The van der Waals surface area contributed by atoms with E-state index in [1.807, 2.05) is 24.3 Å². The summed E-state index contributed by atoms with van der Waals surface area (Å²) in [7, 11) is -1.91. The Balaban J connectivity index is 2.15. The van der Waals surface area contributed by atoms with Crippen molar-refractivity contribution in [2.45, 2.75) is 58.2 Å². The number of hydrogen-bond acceptors (Lipinski definition) is 2. The van der Waals surface area contributed by atoms with E-state index in [0.717, 1.165) is 23.2 Å². The van der Waals surface area contributed by atoms with Crippen molar-refractivity contribution in [3.63, 3.8) is 0 Å². The maximum atomic E-state index is 10.7. The molecule has 2 aromatic carbocycles. The molecule has 0 bridgehead atoms. The Morgan fingerprint density at radius 3 is 1.41 bits per heavy atom. The Hall–Kier alpha value is -2.13. The molecule has 0 aromatic heterocycles. The molecule has 0 radical (unpaired) electrons. The first-order valence-electron chi connectivity index (χ1n) is 9.82. The van der Waals surface area contributed by atoms with Gasteiger partial charge in [0.1, 0.15) is 12.0 Å². The summed E-state index contributed by atoms with van der Waals surface area (Å²) in [4.78, 5) is 10.7. The zero-order valence-electron chi connectivity index (χ0n) is 17.4. The van der Waals surface area contributed by atoms with E-state index in [9.17, 15) is 4.79 Å². The predicted octanol–water partition coefficient (Wildman–Crippen LogP) is 7.22. The van der Waals surface area contributed by atoms with Gasteiger partial charge in [-0.1, -0.05) is 90.1 Å². The normalized spacial score (nSPS) is 12.3. The van der Waals surface area contributed by atoms with Crippen molar-refractivity contribution in [3.8, 4) is 5.75 Å². The van der Waals surface area contributed by atoms with Crippen LogP contribution in [0.25, 0.3) is 12.2 Å². The smallest absolute Gasteiger partial charge is 0.258 e. The minimum atomic E-state index is -1.91. The Kier molecular flexibility index (Phi) is 7.20. The highest BCUT2D eigenvalue weighted by molar-refractivity contribution is 6.78. The third kappa shape index (κ3) is 4.98. The zero-order chi connectivity index (χ0) is 20.0. The average molecular weight is 381 g/mol. The molecule has 0 saturated heterocycles. The number of carbonyl (C=O) groups is 1. The fourth-order valence-corrected chi connectivity index (χ4v) is 9.33. The first-order valence-corrected chi connectivity index (χ1v) is 12.0. The molecule has 0 fully saturated rings. The molecule has 0 aliphatic rings. The SMILES string of the molecule is CC(C)[Si](Oc1ccc(/C=C/c2ccc(C=O)cc2)cc1)(C(C)C)C(C)C. The van der Waals surface area contributed by atoms with Crippen molar-refractivity contribution in [1.29, 1.82) is 0 Å². The van der Waals surface area contributed by atoms with Crippen LogP contribution in [0.2, 0.25) is 16.6 Å². The summed E-state index contributed by atoms with van der Waals surface area (Å²) in [5.74, 6) is 0.977. The van der Waals surface area contributed by atoms with Crippen molar-refractivity contribution in [2.75, 3.05) is 0 Å². The molecule has 0 atom stereocenters. The highest BCUT2D eigenvalue weighted by atomic mass is 28.4. The third-order valence-electron chi connectivity index (χ3n) is 5.42. The van der Waals surface area contributed by atoms with Crippen LogP contribution in [0.5, 0.6) is 5.75 Å². The van der Waals surface area contributed by atoms with Crippen LogP contribution in [-0.4, -0.2) is 14.6 Å². The molecule has 3 heteroatoms. The molecule has 0 heterocycles. The van der Waals surface area contributed by atoms with Gasteiger partial charge in [-0.15, -0.1) is 0 Å². The summed E-state index contributed by atoms with van der Waals surface area (Å²) < 4.78 is 6.71. The Bertz CT molecular complexity index is 734. The second-order valence-electron chi connectivity index (χ2n) is 8.11. The van der Waals surface area contributed by atoms with Gasteiger partial charge in [0, 0.05) is 5.56 Å². The van der Waals surface area contributed by atoms with Gasteiger partial charge in [0.05, 0.1) is 0 Å². The van der Waals surface area contributed by atoms with Crippen molar-refractivity contribution < 1.29 is 9.22 Å². The predicted molar refractivity (Wildman–Crippen MR) is 119 cm³/mol. The first-order chi connectivity index (χ1) is 12.8. The fraction of sp³-hybridized carbons (Fsp3) is 0.375. The highest BCUT2D eigenvalue weighted by Gasteiger charge is 2.46. The lowest BCUT2D eigenvalue weighted by Gasteiger charge is -2.42. The van der Waals surface area contributed by atoms with Gasteiger partial charge in [-0.3, -0.25) is 4.79 Å². The second kappa shape index (κ2) is 9.18. The molecule has 2 aromatic rings. The lowest BCUT2D eigenvalue weighted by molar-refractivity contribution is 0.112. The van der Waals surface area contributed by atoms with Gasteiger partial charge in [-0.2, -0.15) is 0 Å². The molecule has 0 unspecified atom stereocenters. The summed E-state index contributed by atoms with van der Waals surface area (Å²) in [5, 5.41) is 0. The Morgan fingerprint density at radius 1 is 0.667 bits per heavy atom. The summed E-state index contributed by atoms with van der Waals surface area (Å²) in [6, 6.07) is 15.9. The molecule has 0 saturated carbocycles.